The molecule has 34 heavy (non-hydrogen) atoms. The molecule has 3 aromatic heterocycles. The van der Waals surface area contributed by atoms with E-state index in [0.29, 0.717) is 23.3 Å². The molecule has 1 fully saturated rings. The van der Waals surface area contributed by atoms with Crippen molar-refractivity contribution in [3.8, 4) is 5.75 Å². The first-order valence-corrected chi connectivity index (χ1v) is 11.8. The monoisotopic (exact) mass is 479 g/mol. The van der Waals surface area contributed by atoms with E-state index in [0.717, 1.165) is 55.7 Å². The van der Waals surface area contributed by atoms with Crippen LogP contribution in [0.3, 0.4) is 0 Å². The Morgan fingerprint density at radius 1 is 1.26 bits per heavy atom. The molecule has 0 spiro atoms. The predicted octanol–water partition coefficient (Wildman–Crippen LogP) is 5.36. The summed E-state index contributed by atoms with van der Waals surface area (Å²) < 4.78 is 11.0. The largest absolute Gasteiger partial charge is 0.491 e. The summed E-state index contributed by atoms with van der Waals surface area (Å²) in [6.45, 7) is 3.09. The molecule has 0 atom stereocenters. The molecule has 1 saturated heterocycles. The average Bonchev–Trinajstić information content (AvgIpc) is 3.50. The van der Waals surface area contributed by atoms with Crippen LogP contribution in [0.4, 0.5) is 0 Å². The van der Waals surface area contributed by atoms with Crippen molar-refractivity contribution < 1.29 is 19.1 Å². The van der Waals surface area contributed by atoms with Crippen LogP contribution in [0.15, 0.2) is 59.7 Å². The van der Waals surface area contributed by atoms with Gasteiger partial charge in [0.05, 0.1) is 23.7 Å². The molecular weight excluding hydrogens is 454 g/mol. The summed E-state index contributed by atoms with van der Waals surface area (Å²) in [5, 5.41) is 11.0. The summed E-state index contributed by atoms with van der Waals surface area (Å²) in [5.74, 6) is -0.218. The van der Waals surface area contributed by atoms with Gasteiger partial charge < -0.3 is 19.2 Å². The number of nitrogens with one attached hydrogen (secondary N) is 1. The summed E-state index contributed by atoms with van der Waals surface area (Å²) >= 11 is 6.01. The molecule has 1 aromatic carbocycles. The third kappa shape index (κ3) is 4.81. The minimum atomic E-state index is -1.02. The van der Waals surface area contributed by atoms with Crippen molar-refractivity contribution in [3.63, 3.8) is 0 Å². The van der Waals surface area contributed by atoms with Gasteiger partial charge >= 0.3 is 5.97 Å². The zero-order valence-electron chi connectivity index (χ0n) is 18.7. The Balaban J connectivity index is 1.18. The van der Waals surface area contributed by atoms with Gasteiger partial charge in [0.1, 0.15) is 17.9 Å². The molecule has 176 valence electrons. The fourth-order valence-electron chi connectivity index (χ4n) is 4.74. The Morgan fingerprint density at radius 2 is 2.12 bits per heavy atom. The van der Waals surface area contributed by atoms with Gasteiger partial charge in [-0.1, -0.05) is 11.6 Å². The molecule has 4 aromatic rings. The summed E-state index contributed by atoms with van der Waals surface area (Å²) in [6, 6.07) is 8.67. The van der Waals surface area contributed by atoms with E-state index in [1.165, 1.54) is 17.0 Å². The van der Waals surface area contributed by atoms with Crippen molar-refractivity contribution >= 4 is 28.5 Å². The van der Waals surface area contributed by atoms with Gasteiger partial charge in [-0.25, -0.2) is 4.79 Å². The lowest BCUT2D eigenvalue weighted by atomic mass is 9.89. The van der Waals surface area contributed by atoms with Gasteiger partial charge in [0.25, 0.3) is 0 Å². The Kier molecular flexibility index (Phi) is 6.56. The Labute approximate surface area is 202 Å². The van der Waals surface area contributed by atoms with Crippen LogP contribution in [0.5, 0.6) is 5.75 Å². The minimum absolute atomic E-state index is 0.129. The number of piperidine rings is 1. The van der Waals surface area contributed by atoms with Crippen LogP contribution in [-0.2, 0) is 6.42 Å². The normalized spacial score (nSPS) is 15.1. The number of likely N-dealkylation sites (tertiary alicyclic amines) is 1. The summed E-state index contributed by atoms with van der Waals surface area (Å²) in [4.78, 5) is 21.8. The number of H-pyrrole nitrogens is 1. The second kappa shape index (κ2) is 9.91. The number of pyridine rings is 1. The number of carbonyl (C=O) groups is 1. The topological polar surface area (TPSA) is 91.6 Å². The van der Waals surface area contributed by atoms with Crippen LogP contribution in [0, 0.1) is 0 Å². The molecular formula is C26H26ClN3O4. The predicted molar refractivity (Wildman–Crippen MR) is 130 cm³/mol. The fraction of sp³-hybridized carbons (Fsp3) is 0.308. The van der Waals surface area contributed by atoms with Crippen molar-refractivity contribution in [1.82, 2.24) is 14.9 Å². The van der Waals surface area contributed by atoms with E-state index in [-0.39, 0.29) is 5.56 Å². The molecule has 0 saturated carbocycles. The number of ether oxygens (including phenoxy) is 1. The van der Waals surface area contributed by atoms with Gasteiger partial charge in [-0.2, -0.15) is 0 Å². The van der Waals surface area contributed by atoms with Crippen LogP contribution in [0.2, 0.25) is 5.02 Å². The van der Waals surface area contributed by atoms with Crippen LogP contribution < -0.4 is 4.74 Å². The first-order valence-electron chi connectivity index (χ1n) is 11.4. The van der Waals surface area contributed by atoms with E-state index in [1.807, 2.05) is 12.3 Å². The third-order valence-corrected chi connectivity index (χ3v) is 6.77. The fourth-order valence-corrected chi connectivity index (χ4v) is 4.90. The highest BCUT2D eigenvalue weighted by Gasteiger charge is 2.23. The average molecular weight is 480 g/mol. The van der Waals surface area contributed by atoms with E-state index >= 15 is 0 Å². The lowest BCUT2D eigenvalue weighted by molar-refractivity contribution is 0.0691. The number of halogens is 1. The van der Waals surface area contributed by atoms with E-state index in [9.17, 15) is 9.90 Å². The van der Waals surface area contributed by atoms with Gasteiger partial charge in [0.15, 0.2) is 0 Å². The lowest BCUT2D eigenvalue weighted by Crippen LogP contribution is -2.35. The standard InChI is InChI=1S/C26H26ClN3O4/c27-19-1-2-21(26(31)32)24(14-19)34-12-10-30-8-4-18(5-9-30)22-15-29-25-20(22)3-7-28-23(25)13-17-6-11-33-16-17/h1-3,6-7,11,14-16,18,29H,4-5,8-10,12-13H2,(H,31,32). The van der Waals surface area contributed by atoms with E-state index in [2.05, 4.69) is 27.1 Å². The molecule has 8 heteroatoms. The van der Waals surface area contributed by atoms with Gasteiger partial charge in [-0.15, -0.1) is 0 Å². The highest BCUT2D eigenvalue weighted by atomic mass is 35.5. The zero-order chi connectivity index (χ0) is 23.5. The second-order valence-corrected chi connectivity index (χ2v) is 9.08. The molecule has 5 rings (SSSR count). The molecule has 1 aliphatic heterocycles. The highest BCUT2D eigenvalue weighted by molar-refractivity contribution is 6.30. The highest BCUT2D eigenvalue weighted by Crippen LogP contribution is 2.34. The number of carboxylic acid groups (broad SMARTS) is 1. The van der Waals surface area contributed by atoms with Crippen LogP contribution in [0.1, 0.15) is 45.9 Å². The molecule has 1 aliphatic rings. The lowest BCUT2D eigenvalue weighted by Gasteiger charge is -2.31. The van der Waals surface area contributed by atoms with E-state index < -0.39 is 5.97 Å². The van der Waals surface area contributed by atoms with Crippen molar-refractivity contribution in [1.29, 1.82) is 0 Å². The molecule has 4 heterocycles. The molecule has 0 amide bonds. The van der Waals surface area contributed by atoms with Crippen molar-refractivity contribution in [3.05, 3.63) is 82.7 Å². The zero-order valence-corrected chi connectivity index (χ0v) is 19.4. The maximum absolute atomic E-state index is 11.4. The Hall–Kier alpha value is -3.29. The third-order valence-electron chi connectivity index (χ3n) is 6.53. The van der Waals surface area contributed by atoms with Gasteiger partial charge in [-0.3, -0.25) is 9.88 Å². The second-order valence-electron chi connectivity index (χ2n) is 8.64. The van der Waals surface area contributed by atoms with Crippen LogP contribution in [0.25, 0.3) is 10.9 Å². The van der Waals surface area contributed by atoms with Crippen molar-refractivity contribution in [2.45, 2.75) is 25.2 Å². The molecule has 0 radical (unpaired) electrons. The summed E-state index contributed by atoms with van der Waals surface area (Å²) in [6.07, 6.45) is 10.3. The number of hydrogen-bond acceptors (Lipinski definition) is 5. The van der Waals surface area contributed by atoms with Gasteiger partial charge in [0.2, 0.25) is 0 Å². The van der Waals surface area contributed by atoms with Gasteiger partial charge in [-0.05, 0) is 73.3 Å². The number of aromatic carboxylic acids is 1. The SMILES string of the molecule is O=C(O)c1ccc(Cl)cc1OCCN1CCC(c2c[nH]c3c(Cc4ccoc4)nccc23)CC1. The Morgan fingerprint density at radius 3 is 2.88 bits per heavy atom. The number of rotatable bonds is 8. The van der Waals surface area contributed by atoms with Gasteiger partial charge in [0, 0.05) is 35.8 Å². The van der Waals surface area contributed by atoms with Crippen molar-refractivity contribution in [2.24, 2.45) is 0 Å². The maximum atomic E-state index is 11.4. The first kappa shape index (κ1) is 22.5. The van der Waals surface area contributed by atoms with E-state index in [1.54, 1.807) is 24.7 Å². The number of nitrogens with zero attached hydrogens (tertiary/aromatic N) is 2. The number of hydrogen-bond donors (Lipinski definition) is 2. The molecule has 7 nitrogen and oxygen atoms in total. The number of fused-ring (bicyclic) bond motifs is 1. The molecule has 0 bridgehead atoms. The maximum Gasteiger partial charge on any atom is 0.339 e. The summed E-state index contributed by atoms with van der Waals surface area (Å²) in [7, 11) is 0. The van der Waals surface area contributed by atoms with Crippen molar-refractivity contribution in [2.75, 3.05) is 26.2 Å². The molecule has 0 aliphatic carbocycles. The minimum Gasteiger partial charge on any atom is -0.491 e. The Bertz CT molecular complexity index is 1280. The number of aromatic nitrogens is 2. The number of aromatic amines is 1. The number of carboxylic acids is 1. The number of benzene rings is 1. The smallest absolute Gasteiger partial charge is 0.339 e. The first-order chi connectivity index (χ1) is 16.6. The molecule has 2 N–H and O–H groups in total. The van der Waals surface area contributed by atoms with Crippen LogP contribution in [-0.4, -0.2) is 52.2 Å². The quantitative estimate of drug-likeness (QED) is 0.353. The number of furan rings is 1. The van der Waals surface area contributed by atoms with E-state index in [4.69, 9.17) is 20.8 Å². The molecule has 0 unspecified atom stereocenters. The van der Waals surface area contributed by atoms with Crippen LogP contribution >= 0.6 is 11.6 Å². The summed E-state index contributed by atoms with van der Waals surface area (Å²) in [5.41, 5.74) is 4.72.